The molecule has 1 heterocycles. The van der Waals surface area contributed by atoms with Crippen LogP contribution in [0.5, 0.6) is 0 Å². The van der Waals surface area contributed by atoms with Gasteiger partial charge in [-0.2, -0.15) is 0 Å². The number of benzene rings is 2. The summed E-state index contributed by atoms with van der Waals surface area (Å²) in [5.41, 5.74) is 2.51. The number of para-hydroxylation sites is 1. The molecule has 0 saturated carbocycles. The summed E-state index contributed by atoms with van der Waals surface area (Å²) in [4.78, 5) is 28.9. The van der Waals surface area contributed by atoms with Gasteiger partial charge in [-0.3, -0.25) is 9.59 Å². The molecule has 4 nitrogen and oxygen atoms in total. The molecule has 1 fully saturated rings. The van der Waals surface area contributed by atoms with E-state index in [1.54, 1.807) is 41.0 Å². The highest BCUT2D eigenvalue weighted by Crippen LogP contribution is 2.25. The highest BCUT2D eigenvalue weighted by Gasteiger charge is 2.35. The number of amides is 2. The number of piperazine rings is 1. The van der Waals surface area contributed by atoms with Crippen LogP contribution < -0.4 is 4.90 Å². The highest BCUT2D eigenvalue weighted by atomic mass is 35.5. The normalized spacial score (nSPS) is 18.0. The zero-order chi connectivity index (χ0) is 17.3. The lowest BCUT2D eigenvalue weighted by atomic mass is 10.1. The van der Waals surface area contributed by atoms with Gasteiger partial charge in [-0.25, -0.2) is 0 Å². The third kappa shape index (κ3) is 3.02. The van der Waals surface area contributed by atoms with Gasteiger partial charge in [-0.15, -0.1) is 0 Å². The van der Waals surface area contributed by atoms with Crippen molar-refractivity contribution in [2.75, 3.05) is 18.0 Å². The number of hydrogen-bond donors (Lipinski definition) is 0. The van der Waals surface area contributed by atoms with E-state index in [9.17, 15) is 9.59 Å². The van der Waals surface area contributed by atoms with Gasteiger partial charge >= 0.3 is 0 Å². The number of anilines is 1. The van der Waals surface area contributed by atoms with Crippen LogP contribution in [0.25, 0.3) is 0 Å². The quantitative estimate of drug-likeness (QED) is 0.837. The van der Waals surface area contributed by atoms with Crippen molar-refractivity contribution >= 4 is 29.1 Å². The lowest BCUT2D eigenvalue weighted by molar-refractivity contribution is -0.124. The van der Waals surface area contributed by atoms with E-state index in [4.69, 9.17) is 11.6 Å². The van der Waals surface area contributed by atoms with E-state index in [0.29, 0.717) is 23.7 Å². The second-order valence-electron chi connectivity index (χ2n) is 5.96. The largest absolute Gasteiger partial charge is 0.325 e. The van der Waals surface area contributed by atoms with E-state index < -0.39 is 6.04 Å². The van der Waals surface area contributed by atoms with Crippen LogP contribution in [-0.2, 0) is 4.79 Å². The zero-order valence-electron chi connectivity index (χ0n) is 13.7. The van der Waals surface area contributed by atoms with Crippen molar-refractivity contribution in [1.29, 1.82) is 0 Å². The molecule has 1 atom stereocenters. The molecular formula is C19H19ClN2O2. The maximum Gasteiger partial charge on any atom is 0.254 e. The Labute approximate surface area is 146 Å². The Balaban J connectivity index is 1.81. The second kappa shape index (κ2) is 6.65. The third-order valence-electron chi connectivity index (χ3n) is 4.41. The Kier molecular flexibility index (Phi) is 4.58. The van der Waals surface area contributed by atoms with Gasteiger partial charge in [0.15, 0.2) is 0 Å². The Morgan fingerprint density at radius 3 is 2.42 bits per heavy atom. The van der Waals surface area contributed by atoms with E-state index in [2.05, 4.69) is 0 Å². The molecule has 124 valence electrons. The fourth-order valence-electron chi connectivity index (χ4n) is 3.01. The number of aryl methyl sites for hydroxylation is 1. The van der Waals surface area contributed by atoms with Crippen molar-refractivity contribution in [3.05, 3.63) is 64.7 Å². The van der Waals surface area contributed by atoms with E-state index in [1.807, 2.05) is 31.2 Å². The molecule has 0 aliphatic carbocycles. The van der Waals surface area contributed by atoms with Gasteiger partial charge in [-0.1, -0.05) is 29.8 Å². The van der Waals surface area contributed by atoms with E-state index in [1.165, 1.54) is 0 Å². The van der Waals surface area contributed by atoms with Crippen molar-refractivity contribution in [3.8, 4) is 0 Å². The maximum absolute atomic E-state index is 12.8. The Morgan fingerprint density at radius 2 is 1.75 bits per heavy atom. The molecule has 1 saturated heterocycles. The average Bonchev–Trinajstić information content (AvgIpc) is 2.58. The van der Waals surface area contributed by atoms with Crippen LogP contribution in [0.15, 0.2) is 48.5 Å². The molecule has 2 aromatic carbocycles. The van der Waals surface area contributed by atoms with Crippen molar-refractivity contribution in [2.45, 2.75) is 19.9 Å². The fourth-order valence-corrected chi connectivity index (χ4v) is 3.14. The Hall–Kier alpha value is -2.33. The van der Waals surface area contributed by atoms with Crippen molar-refractivity contribution in [2.24, 2.45) is 0 Å². The summed E-state index contributed by atoms with van der Waals surface area (Å²) in [7, 11) is 0. The first-order chi connectivity index (χ1) is 11.5. The number of halogens is 1. The Bertz CT molecular complexity index is 773. The minimum atomic E-state index is -0.499. The van der Waals surface area contributed by atoms with Crippen LogP contribution in [0.1, 0.15) is 22.8 Å². The van der Waals surface area contributed by atoms with Crippen LogP contribution in [0.4, 0.5) is 5.69 Å². The van der Waals surface area contributed by atoms with Crippen LogP contribution in [0.2, 0.25) is 5.02 Å². The monoisotopic (exact) mass is 342 g/mol. The molecule has 0 radical (unpaired) electrons. The molecule has 0 N–H and O–H groups in total. The number of carbonyl (C=O) groups excluding carboxylic acids is 2. The summed E-state index contributed by atoms with van der Waals surface area (Å²) in [6.07, 6.45) is 0. The topological polar surface area (TPSA) is 40.6 Å². The first-order valence-corrected chi connectivity index (χ1v) is 8.30. The van der Waals surface area contributed by atoms with E-state index in [0.717, 1.165) is 11.3 Å². The smallest absolute Gasteiger partial charge is 0.254 e. The third-order valence-corrected chi connectivity index (χ3v) is 4.67. The number of rotatable bonds is 2. The van der Waals surface area contributed by atoms with E-state index >= 15 is 0 Å². The lowest BCUT2D eigenvalue weighted by Crippen LogP contribution is -2.57. The average molecular weight is 343 g/mol. The molecule has 0 bridgehead atoms. The number of carbonyl (C=O) groups is 2. The van der Waals surface area contributed by atoms with Gasteiger partial charge in [0.05, 0.1) is 0 Å². The summed E-state index contributed by atoms with van der Waals surface area (Å²) >= 11 is 5.87. The van der Waals surface area contributed by atoms with Crippen LogP contribution >= 0.6 is 11.6 Å². The standard InChI is InChI=1S/C19H19ClN2O2/c1-13-5-3-4-6-17(13)22-12-11-21(14(2)18(22)23)19(24)15-7-9-16(20)10-8-15/h3-10,14H,11-12H2,1-2H3/t14-/m0/s1. The summed E-state index contributed by atoms with van der Waals surface area (Å²) < 4.78 is 0. The van der Waals surface area contributed by atoms with Crippen LogP contribution in [-0.4, -0.2) is 35.8 Å². The molecule has 5 heteroatoms. The minimum Gasteiger partial charge on any atom is -0.325 e. The van der Waals surface area contributed by atoms with Gasteiger partial charge in [0.1, 0.15) is 6.04 Å². The summed E-state index contributed by atoms with van der Waals surface area (Å²) in [6, 6.07) is 14.1. The molecule has 0 aromatic heterocycles. The van der Waals surface area contributed by atoms with Crippen molar-refractivity contribution in [3.63, 3.8) is 0 Å². The molecular weight excluding hydrogens is 324 g/mol. The number of hydrogen-bond acceptors (Lipinski definition) is 2. The minimum absolute atomic E-state index is 0.0575. The SMILES string of the molecule is Cc1ccccc1N1CCN(C(=O)c2ccc(Cl)cc2)[C@@H](C)C1=O. The molecule has 1 aliphatic rings. The molecule has 2 aromatic rings. The maximum atomic E-state index is 12.8. The van der Waals surface area contributed by atoms with Gasteiger partial charge in [-0.05, 0) is 49.7 Å². The fraction of sp³-hybridized carbons (Fsp3) is 0.263. The van der Waals surface area contributed by atoms with Crippen molar-refractivity contribution < 1.29 is 9.59 Å². The van der Waals surface area contributed by atoms with Gasteiger partial charge in [0, 0.05) is 29.4 Å². The lowest BCUT2D eigenvalue weighted by Gasteiger charge is -2.39. The van der Waals surface area contributed by atoms with E-state index in [-0.39, 0.29) is 11.8 Å². The summed E-state index contributed by atoms with van der Waals surface area (Å²) in [5, 5.41) is 0.583. The first kappa shape index (κ1) is 16.5. The zero-order valence-corrected chi connectivity index (χ0v) is 14.5. The first-order valence-electron chi connectivity index (χ1n) is 7.92. The second-order valence-corrected chi connectivity index (χ2v) is 6.39. The molecule has 2 amide bonds. The van der Waals surface area contributed by atoms with Crippen molar-refractivity contribution in [1.82, 2.24) is 4.90 Å². The molecule has 1 aliphatic heterocycles. The molecule has 3 rings (SSSR count). The molecule has 0 spiro atoms. The predicted molar refractivity (Wildman–Crippen MR) is 95.5 cm³/mol. The van der Waals surface area contributed by atoms with Crippen LogP contribution in [0, 0.1) is 6.92 Å². The molecule has 24 heavy (non-hydrogen) atoms. The summed E-state index contributed by atoms with van der Waals surface area (Å²) in [5.74, 6) is -0.199. The van der Waals surface area contributed by atoms with Gasteiger partial charge < -0.3 is 9.80 Å². The van der Waals surface area contributed by atoms with Gasteiger partial charge in [0.25, 0.3) is 5.91 Å². The molecule has 0 unspecified atom stereocenters. The van der Waals surface area contributed by atoms with Crippen LogP contribution in [0.3, 0.4) is 0 Å². The van der Waals surface area contributed by atoms with Gasteiger partial charge in [0.2, 0.25) is 5.91 Å². The predicted octanol–water partition coefficient (Wildman–Crippen LogP) is 3.53. The number of nitrogens with zero attached hydrogens (tertiary/aromatic N) is 2. The highest BCUT2D eigenvalue weighted by molar-refractivity contribution is 6.30. The summed E-state index contributed by atoms with van der Waals surface area (Å²) in [6.45, 7) is 4.76. The Morgan fingerprint density at radius 1 is 1.08 bits per heavy atom.